The Kier molecular flexibility index (Phi) is 6.76. The van der Waals surface area contributed by atoms with E-state index in [9.17, 15) is 0 Å². The van der Waals surface area contributed by atoms with Crippen LogP contribution in [-0.2, 0) is 0 Å². The summed E-state index contributed by atoms with van der Waals surface area (Å²) in [4.78, 5) is 8.53. The number of benzene rings is 2. The van der Waals surface area contributed by atoms with Crippen molar-refractivity contribution in [1.82, 2.24) is 9.97 Å². The van der Waals surface area contributed by atoms with Crippen molar-refractivity contribution in [3.63, 3.8) is 0 Å². The van der Waals surface area contributed by atoms with Crippen LogP contribution in [0, 0.1) is 27.7 Å². The van der Waals surface area contributed by atoms with Gasteiger partial charge in [0.2, 0.25) is 0 Å². The summed E-state index contributed by atoms with van der Waals surface area (Å²) < 4.78 is 6.25. The average molecular weight is 487 g/mol. The van der Waals surface area contributed by atoms with Crippen LogP contribution in [0.2, 0.25) is 0 Å². The summed E-state index contributed by atoms with van der Waals surface area (Å²) in [6.45, 7) is 8.05. The summed E-state index contributed by atoms with van der Waals surface area (Å²) in [6, 6.07) is 23.5. The molecule has 0 aliphatic heterocycles. The smallest absolute Gasteiger partial charge is 0.174 e. The fraction of sp³-hybridized carbons (Fsp3) is 0.133. The molecule has 0 amide bonds. The van der Waals surface area contributed by atoms with E-state index in [0.717, 1.165) is 56.3 Å². The minimum Gasteiger partial charge on any atom is -0.456 e. The van der Waals surface area contributed by atoms with Crippen LogP contribution in [0.25, 0.3) is 22.6 Å². The lowest BCUT2D eigenvalue weighted by Gasteiger charge is -2.05. The molecule has 0 radical (unpaired) electrons. The molecule has 0 spiro atoms. The maximum Gasteiger partial charge on any atom is 0.174 e. The van der Waals surface area contributed by atoms with Crippen molar-refractivity contribution < 1.29 is 4.42 Å². The van der Waals surface area contributed by atoms with Crippen molar-refractivity contribution in [3.05, 3.63) is 107 Å². The first kappa shape index (κ1) is 23.9. The number of furan rings is 1. The summed E-state index contributed by atoms with van der Waals surface area (Å²) >= 11 is 0. The van der Waals surface area contributed by atoms with E-state index in [1.54, 1.807) is 12.4 Å². The average Bonchev–Trinajstić information content (AvgIpc) is 3.38. The Morgan fingerprint density at radius 2 is 0.973 bits per heavy atom. The zero-order chi connectivity index (χ0) is 25.8. The molecule has 0 unspecified atom stereocenters. The number of aromatic nitrogens is 2. The highest BCUT2D eigenvalue weighted by Gasteiger charge is 2.12. The van der Waals surface area contributed by atoms with Gasteiger partial charge in [-0.15, -0.1) is 20.5 Å². The maximum atomic E-state index is 6.25. The van der Waals surface area contributed by atoms with Gasteiger partial charge < -0.3 is 4.42 Å². The van der Waals surface area contributed by atoms with Gasteiger partial charge in [-0.3, -0.25) is 0 Å². The van der Waals surface area contributed by atoms with Crippen molar-refractivity contribution >= 4 is 23.0 Å². The molecule has 0 aliphatic carbocycles. The molecule has 3 aromatic heterocycles. The number of nitrogens with zero attached hydrogens (tertiary/aromatic N) is 6. The summed E-state index contributed by atoms with van der Waals surface area (Å²) in [6.07, 6.45) is 3.55. The first-order valence-corrected chi connectivity index (χ1v) is 12.0. The van der Waals surface area contributed by atoms with Crippen LogP contribution in [0.1, 0.15) is 22.3 Å². The highest BCUT2D eigenvalue weighted by Crippen LogP contribution is 2.34. The molecule has 5 rings (SSSR count). The van der Waals surface area contributed by atoms with Gasteiger partial charge in [0.05, 0.1) is 11.4 Å². The fourth-order valence-corrected chi connectivity index (χ4v) is 3.86. The molecule has 3 heterocycles. The second kappa shape index (κ2) is 10.5. The van der Waals surface area contributed by atoms with Gasteiger partial charge in [-0.05, 0) is 111 Å². The van der Waals surface area contributed by atoms with Crippen molar-refractivity contribution in [3.8, 4) is 22.6 Å². The predicted molar refractivity (Wildman–Crippen MR) is 145 cm³/mol. The van der Waals surface area contributed by atoms with Crippen LogP contribution >= 0.6 is 0 Å². The van der Waals surface area contributed by atoms with E-state index in [2.05, 4.69) is 30.4 Å². The molecular weight excluding hydrogens is 460 g/mol. The lowest BCUT2D eigenvalue weighted by atomic mass is 10.1. The third kappa shape index (κ3) is 5.73. The van der Waals surface area contributed by atoms with Gasteiger partial charge in [-0.2, -0.15) is 0 Å². The van der Waals surface area contributed by atoms with Gasteiger partial charge in [-0.25, -0.2) is 9.97 Å². The van der Waals surface area contributed by atoms with Crippen molar-refractivity contribution in [2.24, 2.45) is 20.5 Å². The monoisotopic (exact) mass is 486 g/mol. The number of azo groups is 2. The largest absolute Gasteiger partial charge is 0.456 e. The highest BCUT2D eigenvalue weighted by atomic mass is 16.3. The molecule has 37 heavy (non-hydrogen) atoms. The Morgan fingerprint density at radius 3 is 1.35 bits per heavy atom. The zero-order valence-corrected chi connectivity index (χ0v) is 21.2. The predicted octanol–water partition coefficient (Wildman–Crippen LogP) is 9.47. The lowest BCUT2D eigenvalue weighted by molar-refractivity contribution is 0.596. The highest BCUT2D eigenvalue weighted by molar-refractivity contribution is 5.71. The van der Waals surface area contributed by atoms with Crippen molar-refractivity contribution in [1.29, 1.82) is 0 Å². The first-order valence-electron chi connectivity index (χ1n) is 12.0. The molecule has 182 valence electrons. The Balaban J connectivity index is 1.32. The Labute approximate surface area is 215 Å². The van der Waals surface area contributed by atoms with Gasteiger partial charge in [0.15, 0.2) is 11.6 Å². The molecule has 2 aromatic carbocycles. The van der Waals surface area contributed by atoms with Gasteiger partial charge in [0.25, 0.3) is 0 Å². The summed E-state index contributed by atoms with van der Waals surface area (Å²) in [5.74, 6) is 2.75. The van der Waals surface area contributed by atoms with E-state index in [4.69, 9.17) is 4.42 Å². The van der Waals surface area contributed by atoms with E-state index >= 15 is 0 Å². The van der Waals surface area contributed by atoms with Crippen molar-refractivity contribution in [2.75, 3.05) is 0 Å². The molecule has 5 aromatic rings. The molecule has 7 nitrogen and oxygen atoms in total. The van der Waals surface area contributed by atoms with Gasteiger partial charge in [0, 0.05) is 23.5 Å². The second-order valence-electron chi connectivity index (χ2n) is 8.95. The van der Waals surface area contributed by atoms with E-state index in [1.165, 1.54) is 0 Å². The van der Waals surface area contributed by atoms with Crippen LogP contribution in [0.5, 0.6) is 0 Å². The van der Waals surface area contributed by atoms with Gasteiger partial charge >= 0.3 is 0 Å². The number of pyridine rings is 2. The molecule has 0 saturated carbocycles. The summed E-state index contributed by atoms with van der Waals surface area (Å²) in [5.41, 5.74) is 7.81. The number of rotatable bonds is 6. The zero-order valence-electron chi connectivity index (χ0n) is 21.2. The van der Waals surface area contributed by atoms with Crippen molar-refractivity contribution in [2.45, 2.75) is 27.7 Å². The molecule has 0 saturated heterocycles. The molecule has 0 atom stereocenters. The third-order valence-corrected chi connectivity index (χ3v) is 5.88. The van der Waals surface area contributed by atoms with Crippen LogP contribution in [0.3, 0.4) is 0 Å². The molecule has 7 heteroatoms. The molecule has 0 aliphatic rings. The topological polar surface area (TPSA) is 88.4 Å². The molecular formula is C30H26N6O. The summed E-state index contributed by atoms with van der Waals surface area (Å²) in [7, 11) is 0. The Morgan fingerprint density at radius 1 is 0.514 bits per heavy atom. The molecule has 0 fully saturated rings. The van der Waals surface area contributed by atoms with Gasteiger partial charge in [-0.1, -0.05) is 12.1 Å². The normalized spacial score (nSPS) is 11.6. The fourth-order valence-electron chi connectivity index (χ4n) is 3.86. The molecule has 0 N–H and O–H groups in total. The number of hydrogen-bond donors (Lipinski definition) is 0. The van der Waals surface area contributed by atoms with E-state index < -0.39 is 0 Å². The minimum atomic E-state index is 0.581. The van der Waals surface area contributed by atoms with E-state index in [1.807, 2.05) is 100 Å². The number of aryl methyl sites for hydroxylation is 4. The van der Waals surface area contributed by atoms with Crippen LogP contribution in [-0.4, -0.2) is 9.97 Å². The van der Waals surface area contributed by atoms with Crippen LogP contribution in [0.15, 0.2) is 110 Å². The Bertz CT molecular complexity index is 1480. The SMILES string of the molecule is Cc1ccc(/N=N/c2ccc(-c3ccc(-c4ccc(/N=N/c5ccc(C)cn5)cc4C)o3)c(C)c2)nc1. The van der Waals surface area contributed by atoms with Crippen LogP contribution in [0.4, 0.5) is 23.0 Å². The molecule has 0 bridgehead atoms. The van der Waals surface area contributed by atoms with Crippen LogP contribution < -0.4 is 0 Å². The third-order valence-electron chi connectivity index (χ3n) is 5.88. The van der Waals surface area contributed by atoms with Gasteiger partial charge in [0.1, 0.15) is 11.5 Å². The standard InChI is InChI=1S/C30H26N6O/c1-19-5-13-29(31-17-19)35-33-23-7-9-25(21(3)15-23)27-11-12-28(37-27)26-10-8-24(16-22(26)4)34-36-30-14-6-20(2)18-32-30/h5-18H,1-4H3/b35-33+,36-34+. The summed E-state index contributed by atoms with van der Waals surface area (Å²) in [5, 5.41) is 17.1. The lowest BCUT2D eigenvalue weighted by Crippen LogP contribution is -1.82. The quantitative estimate of drug-likeness (QED) is 0.224. The maximum absolute atomic E-state index is 6.25. The minimum absolute atomic E-state index is 0.581. The number of hydrogen-bond acceptors (Lipinski definition) is 7. The second-order valence-corrected chi connectivity index (χ2v) is 8.95. The van der Waals surface area contributed by atoms with E-state index in [-0.39, 0.29) is 0 Å². The Hall–Kier alpha value is -4.78. The van der Waals surface area contributed by atoms with E-state index in [0.29, 0.717) is 11.6 Å². The first-order chi connectivity index (χ1) is 17.9.